The molecule has 0 atom stereocenters. The molecule has 1 amide bonds. The molecule has 1 fully saturated rings. The average Bonchev–Trinajstić information content (AvgIpc) is 2.01. The van der Waals surface area contributed by atoms with Gasteiger partial charge in [0.1, 0.15) is 6.42 Å². The first kappa shape index (κ1) is 9.98. The molecule has 0 aromatic carbocycles. The van der Waals surface area contributed by atoms with Gasteiger partial charge in [0.05, 0.1) is 7.11 Å². The second-order valence-corrected chi connectivity index (χ2v) is 3.08. The first-order valence-electron chi connectivity index (χ1n) is 4.26. The van der Waals surface area contributed by atoms with Crippen LogP contribution in [0.4, 0.5) is 0 Å². The summed E-state index contributed by atoms with van der Waals surface area (Å²) in [6, 6.07) is 0. The number of amides is 1. The van der Waals surface area contributed by atoms with Crippen molar-refractivity contribution in [2.45, 2.75) is 6.42 Å². The fraction of sp³-hybridized carbons (Fsp3) is 0.750. The third kappa shape index (κ3) is 3.42. The molecule has 1 heterocycles. The third-order valence-electron chi connectivity index (χ3n) is 1.99. The molecular formula is C8H14N2O3. The molecule has 1 aliphatic heterocycles. The lowest BCUT2D eigenvalue weighted by Crippen LogP contribution is -2.48. The predicted octanol–water partition coefficient (Wildman–Crippen LogP) is -1.11. The Balaban J connectivity index is 2.06. The Morgan fingerprint density at radius 2 is 2.23 bits per heavy atom. The molecule has 1 rings (SSSR count). The number of hydrogen-bond donors (Lipinski definition) is 2. The molecule has 0 radical (unpaired) electrons. The van der Waals surface area contributed by atoms with Gasteiger partial charge in [-0.3, -0.25) is 9.59 Å². The van der Waals surface area contributed by atoms with E-state index in [1.807, 2.05) is 0 Å². The van der Waals surface area contributed by atoms with Crippen molar-refractivity contribution >= 4 is 11.9 Å². The zero-order valence-corrected chi connectivity index (χ0v) is 7.63. The number of methoxy groups -OCH3 is 1. The quantitative estimate of drug-likeness (QED) is 0.431. The van der Waals surface area contributed by atoms with E-state index in [0.29, 0.717) is 12.5 Å². The SMILES string of the molecule is COC(=O)CC(=O)NCC1CNC1. The van der Waals surface area contributed by atoms with Gasteiger partial charge < -0.3 is 15.4 Å². The molecule has 0 unspecified atom stereocenters. The normalized spacial score (nSPS) is 16.1. The number of nitrogens with one attached hydrogen (secondary N) is 2. The van der Waals surface area contributed by atoms with Gasteiger partial charge in [-0.05, 0) is 0 Å². The lowest BCUT2D eigenvalue weighted by Gasteiger charge is -2.26. The minimum absolute atomic E-state index is 0.184. The molecule has 74 valence electrons. The van der Waals surface area contributed by atoms with Crippen LogP contribution in [-0.4, -0.2) is 38.6 Å². The van der Waals surface area contributed by atoms with Crippen LogP contribution in [0.2, 0.25) is 0 Å². The van der Waals surface area contributed by atoms with Crippen LogP contribution in [0.1, 0.15) is 6.42 Å². The van der Waals surface area contributed by atoms with Gasteiger partial charge in [-0.1, -0.05) is 0 Å². The Kier molecular flexibility index (Phi) is 3.70. The van der Waals surface area contributed by atoms with Crippen LogP contribution in [0.3, 0.4) is 0 Å². The van der Waals surface area contributed by atoms with Crippen molar-refractivity contribution in [1.82, 2.24) is 10.6 Å². The smallest absolute Gasteiger partial charge is 0.315 e. The van der Waals surface area contributed by atoms with Gasteiger partial charge in [0, 0.05) is 25.6 Å². The Hall–Kier alpha value is -1.10. The Morgan fingerprint density at radius 1 is 1.54 bits per heavy atom. The maximum atomic E-state index is 11.0. The monoisotopic (exact) mass is 186 g/mol. The lowest BCUT2D eigenvalue weighted by molar-refractivity contribution is -0.143. The molecule has 5 nitrogen and oxygen atoms in total. The van der Waals surface area contributed by atoms with E-state index in [1.54, 1.807) is 0 Å². The summed E-state index contributed by atoms with van der Waals surface area (Å²) in [5.74, 6) is -0.246. The van der Waals surface area contributed by atoms with E-state index in [1.165, 1.54) is 7.11 Å². The Bertz CT molecular complexity index is 202. The van der Waals surface area contributed by atoms with Crippen molar-refractivity contribution in [2.75, 3.05) is 26.7 Å². The minimum Gasteiger partial charge on any atom is -0.469 e. The summed E-state index contributed by atoms with van der Waals surface area (Å²) in [5, 5.41) is 5.76. The maximum absolute atomic E-state index is 11.0. The van der Waals surface area contributed by atoms with Gasteiger partial charge in [0.2, 0.25) is 5.91 Å². The minimum atomic E-state index is -0.496. The van der Waals surface area contributed by atoms with Gasteiger partial charge in [-0.15, -0.1) is 0 Å². The molecule has 0 aliphatic carbocycles. The lowest BCUT2D eigenvalue weighted by atomic mass is 10.0. The highest BCUT2D eigenvalue weighted by atomic mass is 16.5. The molecule has 0 aromatic rings. The summed E-state index contributed by atoms with van der Waals surface area (Å²) in [5.41, 5.74) is 0. The second kappa shape index (κ2) is 4.81. The number of ether oxygens (including phenoxy) is 1. The second-order valence-electron chi connectivity index (χ2n) is 3.08. The Labute approximate surface area is 76.8 Å². The molecule has 0 aromatic heterocycles. The van der Waals surface area contributed by atoms with Crippen molar-refractivity contribution in [3.63, 3.8) is 0 Å². The van der Waals surface area contributed by atoms with Gasteiger partial charge >= 0.3 is 5.97 Å². The van der Waals surface area contributed by atoms with E-state index in [-0.39, 0.29) is 12.3 Å². The van der Waals surface area contributed by atoms with Crippen molar-refractivity contribution in [1.29, 1.82) is 0 Å². The molecule has 0 saturated carbocycles. The van der Waals surface area contributed by atoms with Crippen molar-refractivity contribution in [3.8, 4) is 0 Å². The largest absolute Gasteiger partial charge is 0.469 e. The summed E-state index contributed by atoms with van der Waals surface area (Å²) in [6.07, 6.45) is -0.184. The van der Waals surface area contributed by atoms with Crippen LogP contribution in [0.5, 0.6) is 0 Å². The first-order valence-corrected chi connectivity index (χ1v) is 4.26. The van der Waals surface area contributed by atoms with Crippen LogP contribution in [0.15, 0.2) is 0 Å². The molecule has 0 spiro atoms. The number of esters is 1. The molecule has 0 bridgehead atoms. The van der Waals surface area contributed by atoms with Crippen LogP contribution >= 0.6 is 0 Å². The summed E-state index contributed by atoms with van der Waals surface area (Å²) >= 11 is 0. The van der Waals surface area contributed by atoms with Crippen LogP contribution < -0.4 is 10.6 Å². The van der Waals surface area contributed by atoms with Crippen molar-refractivity contribution in [3.05, 3.63) is 0 Å². The van der Waals surface area contributed by atoms with E-state index < -0.39 is 5.97 Å². The molecule has 1 saturated heterocycles. The molecule has 2 N–H and O–H groups in total. The van der Waals surface area contributed by atoms with E-state index in [2.05, 4.69) is 15.4 Å². The molecule has 1 aliphatic rings. The van der Waals surface area contributed by atoms with Gasteiger partial charge in [0.15, 0.2) is 0 Å². The predicted molar refractivity (Wildman–Crippen MR) is 46.0 cm³/mol. The van der Waals surface area contributed by atoms with Crippen molar-refractivity contribution < 1.29 is 14.3 Å². The maximum Gasteiger partial charge on any atom is 0.315 e. The topological polar surface area (TPSA) is 67.4 Å². The highest BCUT2D eigenvalue weighted by Crippen LogP contribution is 1.99. The fourth-order valence-electron chi connectivity index (χ4n) is 1.02. The van der Waals surface area contributed by atoms with Crippen LogP contribution in [-0.2, 0) is 14.3 Å². The van der Waals surface area contributed by atoms with Crippen LogP contribution in [0.25, 0.3) is 0 Å². The average molecular weight is 186 g/mol. The zero-order valence-electron chi connectivity index (χ0n) is 7.63. The number of hydrogen-bond acceptors (Lipinski definition) is 4. The van der Waals surface area contributed by atoms with Crippen LogP contribution in [0, 0.1) is 5.92 Å². The molecular weight excluding hydrogens is 172 g/mol. The van der Waals surface area contributed by atoms with E-state index in [4.69, 9.17) is 0 Å². The summed E-state index contributed by atoms with van der Waals surface area (Å²) < 4.78 is 4.36. The number of carbonyl (C=O) groups excluding carboxylic acids is 2. The summed E-state index contributed by atoms with van der Waals surface area (Å²) in [7, 11) is 1.27. The highest BCUT2D eigenvalue weighted by Gasteiger charge is 2.17. The number of carbonyl (C=O) groups is 2. The van der Waals surface area contributed by atoms with Crippen molar-refractivity contribution in [2.24, 2.45) is 5.92 Å². The Morgan fingerprint density at radius 3 is 2.69 bits per heavy atom. The highest BCUT2D eigenvalue weighted by molar-refractivity contribution is 5.94. The van der Waals surface area contributed by atoms with Gasteiger partial charge in [0.25, 0.3) is 0 Å². The van der Waals surface area contributed by atoms with Gasteiger partial charge in [-0.25, -0.2) is 0 Å². The third-order valence-corrected chi connectivity index (χ3v) is 1.99. The van der Waals surface area contributed by atoms with E-state index in [9.17, 15) is 9.59 Å². The van der Waals surface area contributed by atoms with Gasteiger partial charge in [-0.2, -0.15) is 0 Å². The molecule has 13 heavy (non-hydrogen) atoms. The molecule has 5 heteroatoms. The first-order chi connectivity index (χ1) is 6.22. The number of rotatable bonds is 4. The van der Waals surface area contributed by atoms with E-state index in [0.717, 1.165) is 13.1 Å². The summed E-state index contributed by atoms with van der Waals surface area (Å²) in [6.45, 7) is 2.53. The zero-order chi connectivity index (χ0) is 9.68. The fourth-order valence-corrected chi connectivity index (χ4v) is 1.02. The standard InChI is InChI=1S/C8H14N2O3/c1-13-8(12)2-7(11)10-5-6-3-9-4-6/h6,9H,2-5H2,1H3,(H,10,11). The van der Waals surface area contributed by atoms with E-state index >= 15 is 0 Å². The summed E-state index contributed by atoms with van der Waals surface area (Å²) in [4.78, 5) is 21.7.